The normalized spacial score (nSPS) is 26.5. The van der Waals surface area contributed by atoms with E-state index in [0.29, 0.717) is 5.41 Å². The monoisotopic (exact) mass is 378 g/mol. The van der Waals surface area contributed by atoms with Gasteiger partial charge in [0.05, 0.1) is 0 Å². The predicted octanol–water partition coefficient (Wildman–Crippen LogP) is 8.23. The third-order valence-electron chi connectivity index (χ3n) is 7.84. The van der Waals surface area contributed by atoms with Gasteiger partial charge < -0.3 is 0 Å². The van der Waals surface area contributed by atoms with Crippen LogP contribution in [0.15, 0.2) is 42.5 Å². The average molecular weight is 379 g/mol. The Labute approximate surface area is 170 Å². The van der Waals surface area contributed by atoms with Crippen molar-refractivity contribution in [2.24, 2.45) is 5.41 Å². The molecule has 3 saturated carbocycles. The highest BCUT2D eigenvalue weighted by Crippen LogP contribution is 2.60. The van der Waals surface area contributed by atoms with Crippen molar-refractivity contribution < 1.29 is 4.39 Å². The Morgan fingerprint density at radius 1 is 0.821 bits per heavy atom. The minimum absolute atomic E-state index is 0.0358. The molecular weight excluding hydrogens is 343 g/mol. The second kappa shape index (κ2) is 8.01. The van der Waals surface area contributed by atoms with Crippen LogP contribution < -0.4 is 0 Å². The van der Waals surface area contributed by atoms with Gasteiger partial charge in [0.2, 0.25) is 0 Å². The summed E-state index contributed by atoms with van der Waals surface area (Å²) in [5.41, 5.74) is 4.77. The Hall–Kier alpha value is -1.63. The molecule has 0 aliphatic heterocycles. The van der Waals surface area contributed by atoms with Gasteiger partial charge in [-0.2, -0.15) is 0 Å². The lowest BCUT2D eigenvalue weighted by Gasteiger charge is -2.54. The van der Waals surface area contributed by atoms with Gasteiger partial charge in [-0.3, -0.25) is 0 Å². The van der Waals surface area contributed by atoms with E-state index < -0.39 is 0 Å². The first-order chi connectivity index (χ1) is 13.6. The van der Waals surface area contributed by atoms with E-state index in [9.17, 15) is 0 Å². The molecule has 3 fully saturated rings. The second-order valence-electron chi connectivity index (χ2n) is 9.50. The zero-order chi connectivity index (χ0) is 19.6. The summed E-state index contributed by atoms with van der Waals surface area (Å²) >= 11 is 0. The molecule has 150 valence electrons. The topological polar surface area (TPSA) is 0 Å². The van der Waals surface area contributed by atoms with Crippen molar-refractivity contribution in [2.75, 3.05) is 0 Å². The van der Waals surface area contributed by atoms with Crippen LogP contribution in [-0.2, 0) is 11.8 Å². The van der Waals surface area contributed by atoms with Crippen molar-refractivity contribution in [3.63, 3.8) is 0 Å². The maximum Gasteiger partial charge on any atom is 0.134 e. The minimum Gasteiger partial charge on any atom is -0.206 e. The van der Waals surface area contributed by atoms with E-state index in [1.807, 2.05) is 6.07 Å². The number of halogens is 1. The molecule has 3 aliphatic carbocycles. The summed E-state index contributed by atoms with van der Waals surface area (Å²) in [6, 6.07) is 14.6. The van der Waals surface area contributed by atoms with E-state index in [2.05, 4.69) is 50.2 Å². The van der Waals surface area contributed by atoms with Crippen LogP contribution in [0.2, 0.25) is 0 Å². The zero-order valence-corrected chi connectivity index (χ0v) is 17.7. The van der Waals surface area contributed by atoms with Crippen LogP contribution >= 0.6 is 0 Å². The lowest BCUT2D eigenvalue weighted by atomic mass is 9.50. The van der Waals surface area contributed by atoms with Crippen LogP contribution in [0.25, 0.3) is 11.1 Å². The average Bonchev–Trinajstić information content (AvgIpc) is 2.75. The highest BCUT2D eigenvalue weighted by atomic mass is 19.1. The first-order valence-electron chi connectivity index (χ1n) is 11.5. The second-order valence-corrected chi connectivity index (χ2v) is 9.50. The van der Waals surface area contributed by atoms with Gasteiger partial charge in [0.25, 0.3) is 0 Å². The van der Waals surface area contributed by atoms with Crippen molar-refractivity contribution in [3.8, 4) is 11.1 Å². The predicted molar refractivity (Wildman–Crippen MR) is 117 cm³/mol. The Balaban J connectivity index is 1.59. The molecule has 3 aliphatic rings. The maximum atomic E-state index is 15.7. The van der Waals surface area contributed by atoms with Gasteiger partial charge in [0.15, 0.2) is 0 Å². The molecule has 5 rings (SSSR count). The van der Waals surface area contributed by atoms with E-state index in [1.165, 1.54) is 63.4 Å². The molecule has 0 amide bonds. The molecule has 0 N–H and O–H groups in total. The largest absolute Gasteiger partial charge is 0.206 e. The van der Waals surface area contributed by atoms with Crippen molar-refractivity contribution in [3.05, 3.63) is 59.4 Å². The Bertz CT molecular complexity index is 777. The molecule has 2 bridgehead atoms. The zero-order valence-electron chi connectivity index (χ0n) is 17.7. The molecule has 0 saturated heterocycles. The number of unbranched alkanes of at least 4 members (excludes halogenated alkanes) is 1. The lowest BCUT2D eigenvalue weighted by molar-refractivity contribution is 0.0292. The van der Waals surface area contributed by atoms with Crippen molar-refractivity contribution in [1.29, 1.82) is 0 Å². The Kier molecular flexibility index (Phi) is 5.63. The standard InChI is InChI=1S/C27H35F/c1-3-5-14-26-15-18-27(19-16-26,20-17-26)24-9-6-8-23(25(24)28)22-12-10-21(7-4-2)11-13-22/h6,8-13H,3-5,7,14-20H2,1-2H3. The SMILES string of the molecule is CCCCC12CCC(c3cccc(-c4ccc(CCC)cc4)c3F)(CC1)CC2. The van der Waals surface area contributed by atoms with E-state index in [4.69, 9.17) is 0 Å². The van der Waals surface area contributed by atoms with Gasteiger partial charge in [-0.1, -0.05) is 75.6 Å². The minimum atomic E-state index is 0.0358. The molecule has 0 aromatic heterocycles. The fraction of sp³-hybridized carbons (Fsp3) is 0.556. The number of hydrogen-bond donors (Lipinski definition) is 0. The molecule has 0 spiro atoms. The number of benzene rings is 2. The fourth-order valence-corrected chi connectivity index (χ4v) is 5.90. The fourth-order valence-electron chi connectivity index (χ4n) is 5.90. The van der Waals surface area contributed by atoms with Gasteiger partial charge in [-0.15, -0.1) is 0 Å². The summed E-state index contributed by atoms with van der Waals surface area (Å²) in [6.07, 6.45) is 13.7. The van der Waals surface area contributed by atoms with Gasteiger partial charge in [0.1, 0.15) is 5.82 Å². The van der Waals surface area contributed by atoms with Gasteiger partial charge in [-0.25, -0.2) is 4.39 Å². The molecule has 0 atom stereocenters. The van der Waals surface area contributed by atoms with Crippen LogP contribution in [0.5, 0.6) is 0 Å². The highest BCUT2D eigenvalue weighted by Gasteiger charge is 2.49. The summed E-state index contributed by atoms with van der Waals surface area (Å²) in [5.74, 6) is 0.0358. The first kappa shape index (κ1) is 19.7. The van der Waals surface area contributed by atoms with Crippen LogP contribution in [0, 0.1) is 11.2 Å². The Morgan fingerprint density at radius 2 is 1.50 bits per heavy atom. The number of hydrogen-bond acceptors (Lipinski definition) is 0. The third-order valence-corrected chi connectivity index (χ3v) is 7.84. The molecule has 1 heteroatoms. The van der Waals surface area contributed by atoms with E-state index in [-0.39, 0.29) is 11.2 Å². The summed E-state index contributed by atoms with van der Waals surface area (Å²) in [7, 11) is 0. The molecule has 0 unspecified atom stereocenters. The molecule has 28 heavy (non-hydrogen) atoms. The Morgan fingerprint density at radius 3 is 2.11 bits per heavy atom. The smallest absolute Gasteiger partial charge is 0.134 e. The highest BCUT2D eigenvalue weighted by molar-refractivity contribution is 5.66. The molecule has 0 nitrogen and oxygen atoms in total. The van der Waals surface area contributed by atoms with Crippen LogP contribution in [0.3, 0.4) is 0 Å². The lowest BCUT2D eigenvalue weighted by Crippen LogP contribution is -2.44. The molecule has 2 aromatic carbocycles. The van der Waals surface area contributed by atoms with Crippen molar-refractivity contribution in [2.45, 2.75) is 89.9 Å². The van der Waals surface area contributed by atoms with Crippen molar-refractivity contribution in [1.82, 2.24) is 0 Å². The quantitative estimate of drug-likeness (QED) is 0.455. The summed E-state index contributed by atoms with van der Waals surface area (Å²) in [5, 5.41) is 0. The molecule has 2 aromatic rings. The number of fused-ring (bicyclic) bond motifs is 3. The van der Waals surface area contributed by atoms with Crippen LogP contribution in [-0.4, -0.2) is 0 Å². The van der Waals surface area contributed by atoms with Crippen LogP contribution in [0.1, 0.15) is 89.2 Å². The van der Waals surface area contributed by atoms with E-state index in [0.717, 1.165) is 29.5 Å². The van der Waals surface area contributed by atoms with E-state index in [1.54, 1.807) is 0 Å². The van der Waals surface area contributed by atoms with Gasteiger partial charge in [0, 0.05) is 5.56 Å². The van der Waals surface area contributed by atoms with Gasteiger partial charge in [-0.05, 0) is 78.9 Å². The maximum absolute atomic E-state index is 15.7. The van der Waals surface area contributed by atoms with Crippen molar-refractivity contribution >= 4 is 0 Å². The third kappa shape index (κ3) is 3.53. The summed E-state index contributed by atoms with van der Waals surface area (Å²) in [6.45, 7) is 4.49. The molecule has 0 heterocycles. The molecular formula is C27H35F. The number of rotatable bonds is 7. The van der Waals surface area contributed by atoms with E-state index >= 15 is 4.39 Å². The van der Waals surface area contributed by atoms with Crippen LogP contribution in [0.4, 0.5) is 4.39 Å². The first-order valence-corrected chi connectivity index (χ1v) is 11.5. The molecule has 0 radical (unpaired) electrons. The summed E-state index contributed by atoms with van der Waals surface area (Å²) < 4.78 is 15.7. The summed E-state index contributed by atoms with van der Waals surface area (Å²) in [4.78, 5) is 0. The van der Waals surface area contributed by atoms with Gasteiger partial charge >= 0.3 is 0 Å². The number of aryl methyl sites for hydroxylation is 1.